The molecule has 0 bridgehead atoms. The molecule has 0 radical (unpaired) electrons. The monoisotopic (exact) mass is 371 g/mol. The maximum absolute atomic E-state index is 12.9. The fraction of sp³-hybridized carbons (Fsp3) is 0.556. The Morgan fingerprint density at radius 1 is 1.20 bits per heavy atom. The highest BCUT2D eigenvalue weighted by atomic mass is 35.5. The van der Waals surface area contributed by atoms with Gasteiger partial charge in [-0.05, 0) is 37.5 Å². The molecule has 0 spiro atoms. The summed E-state index contributed by atoms with van der Waals surface area (Å²) >= 11 is 0. The molecule has 1 aliphatic carbocycles. The molecule has 2 rings (SSSR count). The molecule has 25 heavy (non-hydrogen) atoms. The molecule has 1 aromatic carbocycles. The van der Waals surface area contributed by atoms with Gasteiger partial charge in [-0.15, -0.1) is 12.4 Å². The first-order chi connectivity index (χ1) is 11.4. The van der Waals surface area contributed by atoms with E-state index in [1.807, 2.05) is 6.92 Å². The highest BCUT2D eigenvalue weighted by molar-refractivity contribution is 5.90. The van der Waals surface area contributed by atoms with Gasteiger partial charge in [-0.1, -0.05) is 31.4 Å². The lowest BCUT2D eigenvalue weighted by molar-refractivity contribution is -0.141. The van der Waals surface area contributed by atoms with Gasteiger partial charge in [0, 0.05) is 13.1 Å². The van der Waals surface area contributed by atoms with Crippen LogP contribution in [-0.4, -0.2) is 35.3 Å². The van der Waals surface area contributed by atoms with Crippen molar-refractivity contribution >= 4 is 24.2 Å². The Hall–Kier alpha value is -1.66. The molecule has 0 aromatic heterocycles. The highest BCUT2D eigenvalue weighted by Crippen LogP contribution is 2.27. The molecule has 0 unspecified atom stereocenters. The van der Waals surface area contributed by atoms with E-state index in [0.717, 1.165) is 24.8 Å². The van der Waals surface area contributed by atoms with Crippen LogP contribution < -0.4 is 11.1 Å². The molecule has 7 heteroatoms. The van der Waals surface area contributed by atoms with Crippen LogP contribution >= 0.6 is 12.4 Å². The van der Waals surface area contributed by atoms with Gasteiger partial charge < -0.3 is 16.0 Å². The average molecular weight is 372 g/mol. The minimum atomic E-state index is -0.828. The summed E-state index contributed by atoms with van der Waals surface area (Å²) in [5.41, 5.74) is 6.25. The van der Waals surface area contributed by atoms with E-state index in [9.17, 15) is 14.0 Å². The quantitative estimate of drug-likeness (QED) is 0.806. The van der Waals surface area contributed by atoms with Gasteiger partial charge >= 0.3 is 0 Å². The largest absolute Gasteiger partial charge is 0.350 e. The van der Waals surface area contributed by atoms with E-state index in [0.29, 0.717) is 25.9 Å². The highest BCUT2D eigenvalue weighted by Gasteiger charge is 2.38. The molecule has 0 atom stereocenters. The molecule has 140 valence electrons. The number of benzene rings is 1. The molecule has 2 amide bonds. The molecule has 1 aromatic rings. The molecule has 5 nitrogen and oxygen atoms in total. The summed E-state index contributed by atoms with van der Waals surface area (Å²) in [6.07, 6.45) is 4.38. The summed E-state index contributed by atoms with van der Waals surface area (Å²) in [6, 6.07) is 5.94. The van der Waals surface area contributed by atoms with Crippen molar-refractivity contribution in [2.24, 2.45) is 5.73 Å². The van der Waals surface area contributed by atoms with Crippen LogP contribution in [-0.2, 0) is 16.1 Å². The number of nitrogens with zero attached hydrogens (tertiary/aromatic N) is 1. The molecule has 1 fully saturated rings. The summed E-state index contributed by atoms with van der Waals surface area (Å²) in [7, 11) is 0. The van der Waals surface area contributed by atoms with Crippen LogP contribution in [0, 0.1) is 5.82 Å². The van der Waals surface area contributed by atoms with E-state index in [4.69, 9.17) is 5.73 Å². The number of hydrogen-bond acceptors (Lipinski definition) is 3. The van der Waals surface area contributed by atoms with Crippen LogP contribution in [0.25, 0.3) is 0 Å². The standard InChI is InChI=1S/C18H26FN3O2.ClH/c1-2-22(17(24)18(20)10-4-3-5-11-18)13-16(23)21-12-14-6-8-15(19)9-7-14;/h6-9H,2-5,10-13,20H2,1H3,(H,21,23);1H. The van der Waals surface area contributed by atoms with Crippen molar-refractivity contribution in [2.75, 3.05) is 13.1 Å². The minimum absolute atomic E-state index is 0. The van der Waals surface area contributed by atoms with Crippen molar-refractivity contribution in [3.8, 4) is 0 Å². The molecular weight excluding hydrogens is 345 g/mol. The van der Waals surface area contributed by atoms with Crippen molar-refractivity contribution < 1.29 is 14.0 Å². The number of amides is 2. The molecule has 3 N–H and O–H groups in total. The number of carbonyl (C=O) groups excluding carboxylic acids is 2. The third-order valence-corrected chi connectivity index (χ3v) is 4.58. The fourth-order valence-electron chi connectivity index (χ4n) is 3.07. The Labute approximate surface area is 154 Å². The second-order valence-corrected chi connectivity index (χ2v) is 6.44. The Morgan fingerprint density at radius 3 is 2.36 bits per heavy atom. The fourth-order valence-corrected chi connectivity index (χ4v) is 3.07. The van der Waals surface area contributed by atoms with Gasteiger partial charge in [0.15, 0.2) is 0 Å². The van der Waals surface area contributed by atoms with Gasteiger partial charge in [-0.2, -0.15) is 0 Å². The number of nitrogens with two attached hydrogens (primary N) is 1. The number of rotatable bonds is 6. The molecule has 1 aliphatic rings. The molecule has 0 heterocycles. The molecule has 0 aliphatic heterocycles. The molecule has 0 saturated heterocycles. The van der Waals surface area contributed by atoms with Gasteiger partial charge in [-0.25, -0.2) is 4.39 Å². The van der Waals surface area contributed by atoms with Crippen LogP contribution in [0.15, 0.2) is 24.3 Å². The first kappa shape index (κ1) is 21.4. The summed E-state index contributed by atoms with van der Waals surface area (Å²) in [6.45, 7) is 2.59. The van der Waals surface area contributed by atoms with Crippen LogP contribution in [0.5, 0.6) is 0 Å². The smallest absolute Gasteiger partial charge is 0.243 e. The number of halogens is 2. The van der Waals surface area contributed by atoms with Crippen molar-refractivity contribution in [1.82, 2.24) is 10.2 Å². The lowest BCUT2D eigenvalue weighted by Crippen LogP contribution is -2.57. The third kappa shape index (κ3) is 5.97. The lowest BCUT2D eigenvalue weighted by Gasteiger charge is -2.36. The molecular formula is C18H27ClFN3O2. The average Bonchev–Trinajstić information content (AvgIpc) is 2.59. The van der Waals surface area contributed by atoms with E-state index in [1.165, 1.54) is 17.0 Å². The van der Waals surface area contributed by atoms with Crippen LogP contribution in [0.4, 0.5) is 4.39 Å². The Morgan fingerprint density at radius 2 is 1.80 bits per heavy atom. The van der Waals surface area contributed by atoms with E-state index < -0.39 is 5.54 Å². The first-order valence-corrected chi connectivity index (χ1v) is 8.54. The van der Waals surface area contributed by atoms with Crippen LogP contribution in [0.3, 0.4) is 0 Å². The zero-order chi connectivity index (χ0) is 17.6. The second-order valence-electron chi connectivity index (χ2n) is 6.44. The topological polar surface area (TPSA) is 75.4 Å². The van der Waals surface area contributed by atoms with Crippen molar-refractivity contribution in [2.45, 2.75) is 51.1 Å². The van der Waals surface area contributed by atoms with E-state index in [2.05, 4.69) is 5.32 Å². The maximum Gasteiger partial charge on any atom is 0.243 e. The zero-order valence-corrected chi connectivity index (χ0v) is 15.4. The number of likely N-dealkylation sites (N-methyl/N-ethyl adjacent to an activating group) is 1. The van der Waals surface area contributed by atoms with Crippen LogP contribution in [0.1, 0.15) is 44.6 Å². The second kappa shape index (κ2) is 9.73. The van der Waals surface area contributed by atoms with Gasteiger partial charge in [0.1, 0.15) is 5.82 Å². The van der Waals surface area contributed by atoms with Gasteiger partial charge in [0.2, 0.25) is 11.8 Å². The number of nitrogens with one attached hydrogen (secondary N) is 1. The van der Waals surface area contributed by atoms with Crippen LogP contribution in [0.2, 0.25) is 0 Å². The summed E-state index contributed by atoms with van der Waals surface area (Å²) in [5, 5.41) is 2.76. The van der Waals surface area contributed by atoms with E-state index in [1.54, 1.807) is 12.1 Å². The van der Waals surface area contributed by atoms with Crippen molar-refractivity contribution in [3.63, 3.8) is 0 Å². The Balaban J connectivity index is 0.00000312. The SMILES string of the molecule is CCN(CC(=O)NCc1ccc(F)cc1)C(=O)C1(N)CCCCC1.Cl. The third-order valence-electron chi connectivity index (χ3n) is 4.58. The minimum Gasteiger partial charge on any atom is -0.350 e. The summed E-state index contributed by atoms with van der Waals surface area (Å²) < 4.78 is 12.9. The maximum atomic E-state index is 12.9. The predicted molar refractivity (Wildman–Crippen MR) is 97.8 cm³/mol. The predicted octanol–water partition coefficient (Wildman–Crippen LogP) is 2.37. The summed E-state index contributed by atoms with van der Waals surface area (Å²) in [5.74, 6) is -0.691. The van der Waals surface area contributed by atoms with Crippen molar-refractivity contribution in [1.29, 1.82) is 0 Å². The normalized spacial score (nSPS) is 15.8. The summed E-state index contributed by atoms with van der Waals surface area (Å²) in [4.78, 5) is 26.3. The van der Waals surface area contributed by atoms with E-state index in [-0.39, 0.29) is 36.6 Å². The first-order valence-electron chi connectivity index (χ1n) is 8.54. The van der Waals surface area contributed by atoms with Gasteiger partial charge in [0.25, 0.3) is 0 Å². The van der Waals surface area contributed by atoms with Gasteiger partial charge in [-0.3, -0.25) is 9.59 Å². The lowest BCUT2D eigenvalue weighted by atomic mass is 9.81. The van der Waals surface area contributed by atoms with Gasteiger partial charge in [0.05, 0.1) is 12.1 Å². The van der Waals surface area contributed by atoms with E-state index >= 15 is 0 Å². The molecule has 1 saturated carbocycles. The number of hydrogen-bond donors (Lipinski definition) is 2. The Bertz CT molecular complexity index is 574. The Kier molecular flexibility index (Phi) is 8.32. The number of carbonyl (C=O) groups is 2. The zero-order valence-electron chi connectivity index (χ0n) is 14.6. The van der Waals surface area contributed by atoms with Crippen molar-refractivity contribution in [3.05, 3.63) is 35.6 Å².